The number of hydrogen-bond donors (Lipinski definition) is 1. The maximum Gasteiger partial charge on any atom is 0.0223 e. The first-order valence-electron chi connectivity index (χ1n) is 7.79. The fourth-order valence-corrected chi connectivity index (χ4v) is 3.21. The molecule has 102 valence electrons. The van der Waals surface area contributed by atoms with Crippen molar-refractivity contribution in [1.29, 1.82) is 0 Å². The van der Waals surface area contributed by atoms with E-state index in [-0.39, 0.29) is 0 Å². The van der Waals surface area contributed by atoms with Gasteiger partial charge in [0.2, 0.25) is 0 Å². The van der Waals surface area contributed by atoms with E-state index >= 15 is 0 Å². The van der Waals surface area contributed by atoms with Gasteiger partial charge in [0.1, 0.15) is 0 Å². The summed E-state index contributed by atoms with van der Waals surface area (Å²) in [5.41, 5.74) is 0. The van der Waals surface area contributed by atoms with Crippen LogP contribution in [0, 0.1) is 0 Å². The summed E-state index contributed by atoms with van der Waals surface area (Å²) in [6, 6.07) is 1.64. The molecule has 17 heavy (non-hydrogen) atoms. The SMILES string of the molecule is CCCNCC(CCC)N(CC)C1CCCC1. The first kappa shape index (κ1) is 15.0. The summed E-state index contributed by atoms with van der Waals surface area (Å²) in [6.07, 6.45) is 9.66. The van der Waals surface area contributed by atoms with Crippen LogP contribution >= 0.6 is 0 Å². The molecule has 2 heteroatoms. The molecule has 1 aliphatic rings. The summed E-state index contributed by atoms with van der Waals surface area (Å²) in [5.74, 6) is 0. The van der Waals surface area contributed by atoms with Gasteiger partial charge >= 0.3 is 0 Å². The van der Waals surface area contributed by atoms with Gasteiger partial charge in [0, 0.05) is 18.6 Å². The summed E-state index contributed by atoms with van der Waals surface area (Å²) >= 11 is 0. The lowest BCUT2D eigenvalue weighted by molar-refractivity contribution is 0.133. The predicted molar refractivity (Wildman–Crippen MR) is 76.5 cm³/mol. The quantitative estimate of drug-likeness (QED) is 0.621. The largest absolute Gasteiger partial charge is 0.315 e. The lowest BCUT2D eigenvalue weighted by atomic mass is 10.1. The van der Waals surface area contributed by atoms with Gasteiger partial charge in [-0.2, -0.15) is 0 Å². The first-order valence-corrected chi connectivity index (χ1v) is 7.79. The van der Waals surface area contributed by atoms with Gasteiger partial charge in [0.15, 0.2) is 0 Å². The Morgan fingerprint density at radius 3 is 2.35 bits per heavy atom. The average molecular weight is 240 g/mol. The molecule has 0 aromatic heterocycles. The molecule has 0 saturated heterocycles. The van der Waals surface area contributed by atoms with E-state index in [1.54, 1.807) is 0 Å². The van der Waals surface area contributed by atoms with Gasteiger partial charge < -0.3 is 5.32 Å². The molecule has 0 aromatic rings. The van der Waals surface area contributed by atoms with Crippen molar-refractivity contribution in [1.82, 2.24) is 10.2 Å². The lowest BCUT2D eigenvalue weighted by Gasteiger charge is -2.36. The summed E-state index contributed by atoms with van der Waals surface area (Å²) in [4.78, 5) is 2.78. The minimum absolute atomic E-state index is 0.764. The molecule has 1 aliphatic carbocycles. The lowest BCUT2D eigenvalue weighted by Crippen LogP contribution is -2.47. The summed E-state index contributed by atoms with van der Waals surface area (Å²) in [5, 5.41) is 3.62. The third-order valence-electron chi connectivity index (χ3n) is 4.06. The maximum atomic E-state index is 3.62. The maximum absolute atomic E-state index is 3.62. The molecular weight excluding hydrogens is 208 g/mol. The molecule has 0 aliphatic heterocycles. The molecule has 0 bridgehead atoms. The van der Waals surface area contributed by atoms with Gasteiger partial charge in [-0.05, 0) is 38.8 Å². The minimum atomic E-state index is 0.764. The standard InChI is InChI=1S/C15H32N2/c1-4-9-15(13-16-12-5-2)17(6-3)14-10-7-8-11-14/h14-16H,4-13H2,1-3H3. The third-order valence-corrected chi connectivity index (χ3v) is 4.06. The van der Waals surface area contributed by atoms with Crippen molar-refractivity contribution in [3.8, 4) is 0 Å². The van der Waals surface area contributed by atoms with E-state index in [2.05, 4.69) is 31.0 Å². The van der Waals surface area contributed by atoms with Crippen LogP contribution in [0.15, 0.2) is 0 Å². The van der Waals surface area contributed by atoms with Gasteiger partial charge in [-0.1, -0.05) is 40.0 Å². The molecule has 0 aromatic carbocycles. The van der Waals surface area contributed by atoms with Gasteiger partial charge in [-0.3, -0.25) is 4.90 Å². The molecule has 0 amide bonds. The number of nitrogens with zero attached hydrogens (tertiary/aromatic N) is 1. The zero-order valence-corrected chi connectivity index (χ0v) is 12.2. The number of rotatable bonds is 9. The normalized spacial score (nSPS) is 19.1. The van der Waals surface area contributed by atoms with Crippen molar-refractivity contribution in [3.63, 3.8) is 0 Å². The monoisotopic (exact) mass is 240 g/mol. The van der Waals surface area contributed by atoms with Crippen LogP contribution in [0.3, 0.4) is 0 Å². The number of likely N-dealkylation sites (N-methyl/N-ethyl adjacent to an activating group) is 1. The highest BCUT2D eigenvalue weighted by molar-refractivity contribution is 4.83. The van der Waals surface area contributed by atoms with Crippen molar-refractivity contribution in [2.24, 2.45) is 0 Å². The smallest absolute Gasteiger partial charge is 0.0223 e. The molecule has 1 atom stereocenters. The van der Waals surface area contributed by atoms with E-state index in [1.165, 1.54) is 64.6 Å². The van der Waals surface area contributed by atoms with Crippen molar-refractivity contribution in [2.45, 2.75) is 77.8 Å². The van der Waals surface area contributed by atoms with Crippen LogP contribution in [-0.4, -0.2) is 36.6 Å². The molecule has 1 N–H and O–H groups in total. The van der Waals surface area contributed by atoms with Crippen LogP contribution in [-0.2, 0) is 0 Å². The average Bonchev–Trinajstić information content (AvgIpc) is 2.84. The third kappa shape index (κ3) is 4.97. The van der Waals surface area contributed by atoms with Crippen LogP contribution in [0.25, 0.3) is 0 Å². The van der Waals surface area contributed by atoms with Crippen LogP contribution < -0.4 is 5.32 Å². The van der Waals surface area contributed by atoms with E-state index in [9.17, 15) is 0 Å². The van der Waals surface area contributed by atoms with Crippen molar-refractivity contribution in [3.05, 3.63) is 0 Å². The van der Waals surface area contributed by atoms with Crippen LogP contribution in [0.2, 0.25) is 0 Å². The van der Waals surface area contributed by atoms with Gasteiger partial charge in [-0.25, -0.2) is 0 Å². The number of nitrogens with one attached hydrogen (secondary N) is 1. The van der Waals surface area contributed by atoms with E-state index in [0.717, 1.165) is 12.1 Å². The molecule has 2 nitrogen and oxygen atoms in total. The summed E-state index contributed by atoms with van der Waals surface area (Å²) < 4.78 is 0. The second-order valence-electron chi connectivity index (χ2n) is 5.42. The Morgan fingerprint density at radius 2 is 1.82 bits per heavy atom. The first-order chi connectivity index (χ1) is 8.33. The van der Waals surface area contributed by atoms with Crippen LogP contribution in [0.1, 0.15) is 65.7 Å². The molecule has 1 rings (SSSR count). The molecule has 0 radical (unpaired) electrons. The Labute approximate surface area is 108 Å². The van der Waals surface area contributed by atoms with Crippen molar-refractivity contribution < 1.29 is 0 Å². The zero-order chi connectivity index (χ0) is 12.5. The Morgan fingerprint density at radius 1 is 1.12 bits per heavy atom. The highest BCUT2D eigenvalue weighted by Crippen LogP contribution is 2.25. The Bertz CT molecular complexity index is 176. The highest BCUT2D eigenvalue weighted by Gasteiger charge is 2.26. The van der Waals surface area contributed by atoms with Crippen molar-refractivity contribution >= 4 is 0 Å². The second-order valence-corrected chi connectivity index (χ2v) is 5.42. The molecule has 1 unspecified atom stereocenters. The molecule has 0 spiro atoms. The molecule has 0 heterocycles. The van der Waals surface area contributed by atoms with E-state index in [4.69, 9.17) is 0 Å². The van der Waals surface area contributed by atoms with Crippen LogP contribution in [0.4, 0.5) is 0 Å². The topological polar surface area (TPSA) is 15.3 Å². The molecular formula is C15H32N2. The Hall–Kier alpha value is -0.0800. The van der Waals surface area contributed by atoms with Gasteiger partial charge in [0.05, 0.1) is 0 Å². The highest BCUT2D eigenvalue weighted by atomic mass is 15.2. The fourth-order valence-electron chi connectivity index (χ4n) is 3.21. The van der Waals surface area contributed by atoms with Gasteiger partial charge in [0.25, 0.3) is 0 Å². The van der Waals surface area contributed by atoms with Crippen molar-refractivity contribution in [2.75, 3.05) is 19.6 Å². The second kappa shape index (κ2) is 8.93. The Kier molecular flexibility index (Phi) is 7.87. The van der Waals surface area contributed by atoms with Crippen LogP contribution in [0.5, 0.6) is 0 Å². The fraction of sp³-hybridized carbons (Fsp3) is 1.00. The zero-order valence-electron chi connectivity index (χ0n) is 12.2. The molecule has 1 saturated carbocycles. The Balaban J connectivity index is 2.45. The predicted octanol–water partition coefficient (Wildman–Crippen LogP) is 3.42. The number of hydrogen-bond acceptors (Lipinski definition) is 2. The van der Waals surface area contributed by atoms with E-state index in [1.807, 2.05) is 0 Å². The minimum Gasteiger partial charge on any atom is -0.315 e. The summed E-state index contributed by atoms with van der Waals surface area (Å²) in [6.45, 7) is 10.5. The van der Waals surface area contributed by atoms with E-state index in [0.29, 0.717) is 0 Å². The molecule has 1 fully saturated rings. The van der Waals surface area contributed by atoms with Gasteiger partial charge in [-0.15, -0.1) is 0 Å². The summed E-state index contributed by atoms with van der Waals surface area (Å²) in [7, 11) is 0. The van der Waals surface area contributed by atoms with E-state index < -0.39 is 0 Å².